The van der Waals surface area contributed by atoms with Crippen LogP contribution in [0.4, 0.5) is 4.79 Å². The molecule has 6 aromatic rings. The lowest BCUT2D eigenvalue weighted by Crippen LogP contribution is -2.44. The summed E-state index contributed by atoms with van der Waals surface area (Å²) < 4.78 is 4.74. The standard InChI is InChI=1S/C45H48N10O4/c1-29(50-43(56)38(53-45(58)59-2)31-13-6-3-7-14-31)40-48-27-35(51-40)30-18-20-33(21-19-30)41-46-25-34(26-47-41)36-28-49-42(52-36)37-17-12-24-55(37)44(57)39(32-15-8-4-9-16-32)54-22-10-5-11-23-54/h3-4,6-9,13-16,18-21,25-29,37-39H,5,10-12,17,22-24H2,1-2H3,(H,48,51)(H,49,52)(H,50,56)(H,53,58)/t29-,37-,38+,39+/m0/s1. The van der Waals surface area contributed by atoms with Crippen molar-refractivity contribution in [3.05, 3.63) is 132 Å². The molecule has 5 heterocycles. The predicted molar refractivity (Wildman–Crippen MR) is 222 cm³/mol. The molecule has 0 aliphatic carbocycles. The smallest absolute Gasteiger partial charge is 0.407 e. The van der Waals surface area contributed by atoms with Gasteiger partial charge in [-0.05, 0) is 62.4 Å². The monoisotopic (exact) mass is 792 g/mol. The van der Waals surface area contributed by atoms with Crippen molar-refractivity contribution in [2.24, 2.45) is 0 Å². The first-order valence-electron chi connectivity index (χ1n) is 20.2. The maximum Gasteiger partial charge on any atom is 0.407 e. The van der Waals surface area contributed by atoms with E-state index in [1.165, 1.54) is 13.5 Å². The van der Waals surface area contributed by atoms with E-state index in [1.807, 2.05) is 60.4 Å². The Kier molecular flexibility index (Phi) is 11.9. The van der Waals surface area contributed by atoms with Gasteiger partial charge in [0, 0.05) is 30.1 Å². The highest BCUT2D eigenvalue weighted by molar-refractivity contribution is 5.87. The maximum absolute atomic E-state index is 14.3. The number of carbonyl (C=O) groups is 3. The number of amides is 3. The second-order valence-electron chi connectivity index (χ2n) is 15.0. The summed E-state index contributed by atoms with van der Waals surface area (Å²) in [4.78, 5) is 69.4. The fraction of sp³-hybridized carbons (Fsp3) is 0.311. The van der Waals surface area contributed by atoms with Gasteiger partial charge in [-0.2, -0.15) is 0 Å². The molecule has 59 heavy (non-hydrogen) atoms. The van der Waals surface area contributed by atoms with E-state index in [2.05, 4.69) is 52.6 Å². The molecule has 2 fully saturated rings. The average Bonchev–Trinajstić information content (AvgIpc) is 4.09. The van der Waals surface area contributed by atoms with Crippen LogP contribution in [0.2, 0.25) is 0 Å². The number of benzene rings is 3. The van der Waals surface area contributed by atoms with E-state index in [9.17, 15) is 14.4 Å². The topological polar surface area (TPSA) is 174 Å². The maximum atomic E-state index is 14.3. The van der Waals surface area contributed by atoms with E-state index < -0.39 is 24.1 Å². The highest BCUT2D eigenvalue weighted by Crippen LogP contribution is 2.36. The van der Waals surface area contributed by atoms with E-state index in [0.29, 0.717) is 23.8 Å². The number of piperidine rings is 1. The number of carbonyl (C=O) groups excluding carboxylic acids is 3. The summed E-state index contributed by atoms with van der Waals surface area (Å²) in [5.41, 5.74) is 5.79. The van der Waals surface area contributed by atoms with Crippen LogP contribution in [0, 0.1) is 0 Å². The SMILES string of the molecule is COC(=O)N[C@@H](C(=O)N[C@@H](C)c1ncc(-c2ccc(-c3ncc(-c4cnc([C@@H]5CCCN5C(=O)[C@@H](c5ccccc5)N5CCCCC5)[nH]4)cn3)cc2)[nH]1)c1ccccc1. The zero-order valence-corrected chi connectivity index (χ0v) is 33.2. The van der Waals surface area contributed by atoms with Gasteiger partial charge in [-0.25, -0.2) is 24.7 Å². The number of H-pyrrole nitrogens is 2. The van der Waals surface area contributed by atoms with E-state index in [4.69, 9.17) is 9.72 Å². The van der Waals surface area contributed by atoms with Crippen LogP contribution in [0.5, 0.6) is 0 Å². The molecule has 3 aromatic heterocycles. The van der Waals surface area contributed by atoms with Crippen molar-refractivity contribution in [1.82, 2.24) is 50.3 Å². The minimum Gasteiger partial charge on any atom is -0.453 e. The number of ether oxygens (including phenoxy) is 1. The Morgan fingerprint density at radius 2 is 1.34 bits per heavy atom. The third-order valence-electron chi connectivity index (χ3n) is 11.2. The number of aromatic nitrogens is 6. The Bertz CT molecular complexity index is 2340. The fourth-order valence-electron chi connectivity index (χ4n) is 8.05. The van der Waals surface area contributed by atoms with Gasteiger partial charge >= 0.3 is 6.09 Å². The first-order valence-corrected chi connectivity index (χ1v) is 20.2. The van der Waals surface area contributed by atoms with Gasteiger partial charge in [0.1, 0.15) is 23.7 Å². The molecule has 0 unspecified atom stereocenters. The van der Waals surface area contributed by atoms with E-state index in [1.54, 1.807) is 49.1 Å². The number of nitrogens with zero attached hydrogens (tertiary/aromatic N) is 6. The van der Waals surface area contributed by atoms with Gasteiger partial charge in [0.15, 0.2) is 5.82 Å². The van der Waals surface area contributed by atoms with Crippen LogP contribution in [0.25, 0.3) is 33.9 Å². The molecule has 0 saturated carbocycles. The number of nitrogens with one attached hydrogen (secondary N) is 4. The highest BCUT2D eigenvalue weighted by atomic mass is 16.5. The van der Waals surface area contributed by atoms with E-state index in [0.717, 1.165) is 78.2 Å². The lowest BCUT2D eigenvalue weighted by atomic mass is 10.00. The Morgan fingerprint density at radius 3 is 2.03 bits per heavy atom. The second kappa shape index (κ2) is 17.9. The Hall–Kier alpha value is -6.67. The fourth-order valence-corrected chi connectivity index (χ4v) is 8.05. The minimum absolute atomic E-state index is 0.124. The van der Waals surface area contributed by atoms with Gasteiger partial charge in [0.2, 0.25) is 11.8 Å². The largest absolute Gasteiger partial charge is 0.453 e. The normalized spacial score (nSPS) is 17.2. The number of hydrogen-bond acceptors (Lipinski definition) is 9. The molecule has 2 saturated heterocycles. The summed E-state index contributed by atoms with van der Waals surface area (Å²) in [5, 5.41) is 5.54. The molecule has 3 amide bonds. The Morgan fingerprint density at radius 1 is 0.695 bits per heavy atom. The van der Waals surface area contributed by atoms with Crippen molar-refractivity contribution >= 4 is 17.9 Å². The van der Waals surface area contributed by atoms with Gasteiger partial charge in [0.25, 0.3) is 0 Å². The molecule has 4 atom stereocenters. The molecule has 0 bridgehead atoms. The molecule has 14 nitrogen and oxygen atoms in total. The van der Waals surface area contributed by atoms with Gasteiger partial charge in [-0.15, -0.1) is 0 Å². The first-order chi connectivity index (χ1) is 28.9. The average molecular weight is 793 g/mol. The highest BCUT2D eigenvalue weighted by Gasteiger charge is 2.39. The number of rotatable bonds is 12. The number of alkyl carbamates (subject to hydrolysis) is 1. The van der Waals surface area contributed by atoms with Crippen LogP contribution < -0.4 is 10.6 Å². The van der Waals surface area contributed by atoms with Crippen molar-refractivity contribution in [2.75, 3.05) is 26.7 Å². The molecule has 2 aliphatic heterocycles. The van der Waals surface area contributed by atoms with Crippen LogP contribution >= 0.6 is 0 Å². The second-order valence-corrected chi connectivity index (χ2v) is 15.0. The molecular formula is C45H48N10O4. The Balaban J connectivity index is 0.909. The van der Waals surface area contributed by atoms with Gasteiger partial charge in [-0.1, -0.05) is 91.3 Å². The van der Waals surface area contributed by atoms with Gasteiger partial charge < -0.3 is 30.2 Å². The lowest BCUT2D eigenvalue weighted by molar-refractivity contribution is -0.139. The van der Waals surface area contributed by atoms with Crippen LogP contribution in [0.3, 0.4) is 0 Å². The predicted octanol–water partition coefficient (Wildman–Crippen LogP) is 7.09. The zero-order valence-electron chi connectivity index (χ0n) is 33.2. The van der Waals surface area contributed by atoms with Crippen LogP contribution in [-0.2, 0) is 14.3 Å². The van der Waals surface area contributed by atoms with Crippen LogP contribution in [-0.4, -0.2) is 84.4 Å². The Labute approximate surface area is 342 Å². The summed E-state index contributed by atoms with van der Waals surface area (Å²) in [6.07, 6.45) is 11.6. The molecule has 8 rings (SSSR count). The molecular weight excluding hydrogens is 745 g/mol. The summed E-state index contributed by atoms with van der Waals surface area (Å²) >= 11 is 0. The summed E-state index contributed by atoms with van der Waals surface area (Å²) in [5.74, 6) is 1.66. The summed E-state index contributed by atoms with van der Waals surface area (Å²) in [7, 11) is 1.25. The third-order valence-corrected chi connectivity index (χ3v) is 11.2. The summed E-state index contributed by atoms with van der Waals surface area (Å²) in [6.45, 7) is 4.38. The van der Waals surface area contributed by atoms with Crippen molar-refractivity contribution in [3.8, 4) is 33.9 Å². The molecule has 302 valence electrons. The van der Waals surface area contributed by atoms with Crippen molar-refractivity contribution in [1.29, 1.82) is 0 Å². The quantitative estimate of drug-likeness (QED) is 0.101. The van der Waals surface area contributed by atoms with Crippen molar-refractivity contribution in [2.45, 2.75) is 63.2 Å². The van der Waals surface area contributed by atoms with Crippen molar-refractivity contribution < 1.29 is 19.1 Å². The van der Waals surface area contributed by atoms with E-state index >= 15 is 0 Å². The van der Waals surface area contributed by atoms with Gasteiger partial charge in [-0.3, -0.25) is 14.5 Å². The molecule has 14 heteroatoms. The molecule has 2 aliphatic rings. The lowest BCUT2D eigenvalue weighted by Gasteiger charge is -2.37. The first kappa shape index (κ1) is 39.2. The molecule has 0 spiro atoms. The minimum atomic E-state index is -0.941. The number of hydrogen-bond donors (Lipinski definition) is 4. The zero-order chi connectivity index (χ0) is 40.7. The van der Waals surface area contributed by atoms with Crippen LogP contribution in [0.15, 0.2) is 110 Å². The molecule has 4 N–H and O–H groups in total. The van der Waals surface area contributed by atoms with Crippen LogP contribution in [0.1, 0.15) is 86.0 Å². The van der Waals surface area contributed by atoms with Gasteiger partial charge in [0.05, 0.1) is 43.0 Å². The van der Waals surface area contributed by atoms with E-state index in [-0.39, 0.29) is 18.0 Å². The molecule has 0 radical (unpaired) electrons. The summed E-state index contributed by atoms with van der Waals surface area (Å²) in [6, 6.07) is 25.1. The number of imidazole rings is 2. The third kappa shape index (κ3) is 8.77. The number of aromatic amines is 2. The molecule has 3 aromatic carbocycles. The number of methoxy groups -OCH3 is 1. The van der Waals surface area contributed by atoms with Crippen molar-refractivity contribution in [3.63, 3.8) is 0 Å². The number of likely N-dealkylation sites (tertiary alicyclic amines) is 2.